The lowest BCUT2D eigenvalue weighted by atomic mass is 9.92. The smallest absolute Gasteiger partial charge is 0.391 e. The van der Waals surface area contributed by atoms with E-state index in [1.165, 1.54) is 19.1 Å². The van der Waals surface area contributed by atoms with E-state index in [4.69, 9.17) is 21.8 Å². The number of nitrogens with zero attached hydrogens (tertiary/aromatic N) is 1. The van der Waals surface area contributed by atoms with Gasteiger partial charge in [-0.15, -0.1) is 5.10 Å². The van der Waals surface area contributed by atoms with Gasteiger partial charge in [0.25, 0.3) is 0 Å². The highest BCUT2D eigenvalue weighted by Gasteiger charge is 2.33. The Kier molecular flexibility index (Phi) is 6.30. The number of rotatable bonds is 7. The normalized spacial score (nSPS) is 13.7. The number of primary amides is 1. The number of nitrogens with one attached hydrogen (secondary N) is 2. The van der Waals surface area contributed by atoms with Crippen molar-refractivity contribution in [1.29, 1.82) is 0 Å². The zero-order valence-electron chi connectivity index (χ0n) is 16.3. The third kappa shape index (κ3) is 4.84. The predicted molar refractivity (Wildman–Crippen MR) is 110 cm³/mol. The van der Waals surface area contributed by atoms with Gasteiger partial charge in [-0.2, -0.15) is 4.72 Å². The maximum atomic E-state index is 14.5. The van der Waals surface area contributed by atoms with E-state index in [9.17, 15) is 22.4 Å². The Morgan fingerprint density at radius 3 is 2.61 bits per heavy atom. The van der Waals surface area contributed by atoms with E-state index in [2.05, 4.69) is 14.9 Å². The van der Waals surface area contributed by atoms with Crippen LogP contribution < -0.4 is 16.2 Å². The van der Waals surface area contributed by atoms with Gasteiger partial charge in [0.1, 0.15) is 11.9 Å². The molecule has 9 nitrogen and oxygen atoms in total. The number of nitrogens with two attached hydrogens (primary N) is 1. The van der Waals surface area contributed by atoms with Gasteiger partial charge < -0.3 is 10.2 Å². The summed E-state index contributed by atoms with van der Waals surface area (Å²) >= 11 is 5.85. The van der Waals surface area contributed by atoms with Crippen molar-refractivity contribution in [3.63, 3.8) is 0 Å². The van der Waals surface area contributed by atoms with Gasteiger partial charge in [-0.05, 0) is 36.8 Å². The molecule has 31 heavy (non-hydrogen) atoms. The topological polar surface area (TPSA) is 148 Å². The predicted octanol–water partition coefficient (Wildman–Crippen LogP) is 2.39. The molecule has 1 aromatic heterocycles. The highest BCUT2D eigenvalue weighted by Crippen LogP contribution is 2.33. The molecule has 2 aromatic carbocycles. The van der Waals surface area contributed by atoms with Gasteiger partial charge in [0.05, 0.1) is 10.5 Å². The number of carbonyl (C=O) groups is 1. The summed E-state index contributed by atoms with van der Waals surface area (Å²) in [5, 5.41) is 5.86. The largest absolute Gasteiger partial charge is 0.434 e. The molecule has 0 aliphatic heterocycles. The molecule has 164 valence electrons. The van der Waals surface area contributed by atoms with Gasteiger partial charge in [0.15, 0.2) is 0 Å². The van der Waals surface area contributed by atoms with Crippen LogP contribution in [0.2, 0.25) is 5.02 Å². The number of sulfonamides is 1. The Bertz CT molecular complexity index is 1300. The van der Waals surface area contributed by atoms with Gasteiger partial charge in [-0.3, -0.25) is 4.79 Å². The van der Waals surface area contributed by atoms with Crippen molar-refractivity contribution in [2.75, 3.05) is 0 Å². The van der Waals surface area contributed by atoms with Gasteiger partial charge in [-0.25, -0.2) is 22.7 Å². The quantitative estimate of drug-likeness (QED) is 0.484. The molecule has 0 saturated carbocycles. The van der Waals surface area contributed by atoms with E-state index in [1.807, 2.05) is 0 Å². The number of H-pyrrole nitrogens is 1. The van der Waals surface area contributed by atoms with Crippen LogP contribution in [-0.2, 0) is 10.0 Å². The number of amides is 1. The van der Waals surface area contributed by atoms with Crippen molar-refractivity contribution in [3.8, 4) is 0 Å². The molecular formula is C19H18ClFN4O5S. The van der Waals surface area contributed by atoms with E-state index in [1.54, 1.807) is 19.1 Å². The zero-order valence-corrected chi connectivity index (χ0v) is 17.9. The van der Waals surface area contributed by atoms with Crippen LogP contribution in [0.1, 0.15) is 46.3 Å². The van der Waals surface area contributed by atoms with Crippen LogP contribution in [0, 0.1) is 12.7 Å². The molecule has 2 atom stereocenters. The second-order valence-electron chi connectivity index (χ2n) is 6.87. The van der Waals surface area contributed by atoms with Crippen molar-refractivity contribution >= 4 is 27.5 Å². The minimum absolute atomic E-state index is 0.109. The van der Waals surface area contributed by atoms with Gasteiger partial charge >= 0.3 is 5.76 Å². The Balaban J connectivity index is 2.11. The van der Waals surface area contributed by atoms with Crippen LogP contribution in [0.3, 0.4) is 0 Å². The van der Waals surface area contributed by atoms with Crippen LogP contribution in [0.4, 0.5) is 4.39 Å². The molecule has 0 saturated heterocycles. The summed E-state index contributed by atoms with van der Waals surface area (Å²) in [6.07, 6.45) is 0. The van der Waals surface area contributed by atoms with Crippen molar-refractivity contribution in [2.24, 2.45) is 5.73 Å². The molecule has 0 bridgehead atoms. The number of halogens is 2. The highest BCUT2D eigenvalue weighted by atomic mass is 35.5. The van der Waals surface area contributed by atoms with E-state index in [0.717, 1.165) is 17.7 Å². The molecule has 0 unspecified atom stereocenters. The molecule has 1 heterocycles. The lowest BCUT2D eigenvalue weighted by molar-refractivity contribution is 0.0997. The van der Waals surface area contributed by atoms with Crippen molar-refractivity contribution < 1.29 is 22.0 Å². The van der Waals surface area contributed by atoms with Crippen molar-refractivity contribution in [1.82, 2.24) is 14.9 Å². The second-order valence-corrected chi connectivity index (χ2v) is 8.99. The molecule has 3 rings (SSSR count). The maximum Gasteiger partial charge on any atom is 0.434 e. The fourth-order valence-electron chi connectivity index (χ4n) is 3.09. The maximum absolute atomic E-state index is 14.5. The van der Waals surface area contributed by atoms with Gasteiger partial charge in [-0.1, -0.05) is 36.2 Å². The number of aromatic nitrogens is 2. The summed E-state index contributed by atoms with van der Waals surface area (Å²) in [7, 11) is -4.41. The summed E-state index contributed by atoms with van der Waals surface area (Å²) < 4.78 is 48.1. The molecule has 0 radical (unpaired) electrons. The summed E-state index contributed by atoms with van der Waals surface area (Å²) in [6.45, 7) is 3.28. The van der Waals surface area contributed by atoms with Crippen LogP contribution in [0.25, 0.3) is 0 Å². The Hall–Kier alpha value is -3.02. The summed E-state index contributed by atoms with van der Waals surface area (Å²) in [5.74, 6) is -3.67. The number of hydrogen-bond donors (Lipinski definition) is 3. The van der Waals surface area contributed by atoms with Crippen LogP contribution in [0.5, 0.6) is 0 Å². The molecule has 12 heteroatoms. The van der Waals surface area contributed by atoms with E-state index in [-0.39, 0.29) is 22.0 Å². The minimum Gasteiger partial charge on any atom is -0.391 e. The van der Waals surface area contributed by atoms with Crippen LogP contribution in [-0.4, -0.2) is 24.5 Å². The Morgan fingerprint density at radius 1 is 1.29 bits per heavy atom. The third-order valence-corrected chi connectivity index (χ3v) is 6.38. The molecule has 0 spiro atoms. The first-order valence-corrected chi connectivity index (χ1v) is 10.8. The van der Waals surface area contributed by atoms with Gasteiger partial charge in [0, 0.05) is 10.9 Å². The fraction of sp³-hybridized carbons (Fsp3) is 0.211. The zero-order chi connectivity index (χ0) is 22.9. The first-order valence-electron chi connectivity index (χ1n) is 8.92. The second kappa shape index (κ2) is 8.61. The summed E-state index contributed by atoms with van der Waals surface area (Å²) in [5.41, 5.74) is 5.87. The van der Waals surface area contributed by atoms with Crippen molar-refractivity contribution in [3.05, 3.63) is 80.4 Å². The number of carbonyl (C=O) groups excluding carboxylic acids is 1. The fourth-order valence-corrected chi connectivity index (χ4v) is 4.73. The van der Waals surface area contributed by atoms with Crippen LogP contribution >= 0.6 is 11.6 Å². The molecule has 0 aliphatic rings. The Morgan fingerprint density at radius 2 is 2.00 bits per heavy atom. The molecular weight excluding hydrogens is 451 g/mol. The van der Waals surface area contributed by atoms with Crippen molar-refractivity contribution in [2.45, 2.75) is 30.7 Å². The first kappa shape index (κ1) is 22.7. The molecule has 0 aliphatic carbocycles. The molecule has 0 fully saturated rings. The molecule has 3 aromatic rings. The number of hydrogen-bond acceptors (Lipinski definition) is 6. The molecule has 1 amide bonds. The average Bonchev–Trinajstić information content (AvgIpc) is 3.13. The number of aromatic amines is 1. The number of aryl methyl sites for hydroxylation is 1. The Labute approximate surface area is 181 Å². The van der Waals surface area contributed by atoms with E-state index >= 15 is 0 Å². The highest BCUT2D eigenvalue weighted by molar-refractivity contribution is 7.89. The van der Waals surface area contributed by atoms with Crippen LogP contribution in [0.15, 0.2) is 50.5 Å². The lowest BCUT2D eigenvalue weighted by Gasteiger charge is -2.23. The lowest BCUT2D eigenvalue weighted by Crippen LogP contribution is -2.34. The summed E-state index contributed by atoms with van der Waals surface area (Å²) in [6, 6.07) is 6.56. The monoisotopic (exact) mass is 468 g/mol. The molecule has 4 N–H and O–H groups in total. The standard InChI is InChI=1S/C19H18ClFN4O5S/c1-9-3-5-14(21)12(7-9)10(2)16(18-23-24-19(27)30-18)25-31(28,29)15-6-4-11(20)8-13(15)17(22)26/h3-8,10,16,25H,1-2H3,(H2,22,26)(H,24,27)/t10-,16+/m1/s1. The number of benzene rings is 2. The van der Waals surface area contributed by atoms with E-state index < -0.39 is 44.4 Å². The van der Waals surface area contributed by atoms with Gasteiger partial charge in [0.2, 0.25) is 21.8 Å². The minimum atomic E-state index is -4.41. The summed E-state index contributed by atoms with van der Waals surface area (Å²) in [4.78, 5) is 22.8. The third-order valence-electron chi connectivity index (χ3n) is 4.64. The first-order chi connectivity index (χ1) is 14.5. The average molecular weight is 469 g/mol. The SMILES string of the molecule is Cc1ccc(F)c([C@@H](C)[C@H](NS(=O)(=O)c2ccc(Cl)cc2C(N)=O)c2n[nH]c(=O)o2)c1. The van der Waals surface area contributed by atoms with E-state index in [0.29, 0.717) is 0 Å².